The van der Waals surface area contributed by atoms with Crippen LogP contribution in [0.3, 0.4) is 0 Å². The summed E-state index contributed by atoms with van der Waals surface area (Å²) in [6.45, 7) is 18.2. The third-order valence-electron chi connectivity index (χ3n) is 6.24. The average molecular weight is 537 g/mol. The first kappa shape index (κ1) is 28.5. The molecule has 4 rings (SSSR count). The second kappa shape index (κ2) is 9.60. The molecule has 0 aliphatic carbocycles. The van der Waals surface area contributed by atoms with Gasteiger partial charge in [-0.2, -0.15) is 4.98 Å². The van der Waals surface area contributed by atoms with E-state index >= 15 is 0 Å². The Morgan fingerprint density at radius 1 is 0.897 bits per heavy atom. The number of amides is 2. The Morgan fingerprint density at radius 3 is 2.00 bits per heavy atom. The summed E-state index contributed by atoms with van der Waals surface area (Å²) in [5.41, 5.74) is -0.210. The fourth-order valence-electron chi connectivity index (χ4n) is 3.68. The maximum Gasteiger partial charge on any atom is 0.514 e. The lowest BCUT2D eigenvalue weighted by Crippen LogP contribution is -2.44. The number of hydrogen-bond acceptors (Lipinski definition) is 9. The lowest BCUT2D eigenvalue weighted by molar-refractivity contribution is 0.00578. The van der Waals surface area contributed by atoms with Gasteiger partial charge in [0.1, 0.15) is 11.2 Å². The molecule has 1 saturated heterocycles. The predicted molar refractivity (Wildman–Crippen MR) is 147 cm³/mol. The zero-order valence-corrected chi connectivity index (χ0v) is 24.2. The summed E-state index contributed by atoms with van der Waals surface area (Å²) in [7, 11) is -0.602. The molecule has 12 heteroatoms. The van der Waals surface area contributed by atoms with Crippen LogP contribution in [0.5, 0.6) is 0 Å². The number of aromatic nitrogens is 4. The molecule has 11 nitrogen and oxygen atoms in total. The number of ether oxygens (including phenoxy) is 2. The number of rotatable bonds is 3. The molecule has 3 aromatic heterocycles. The monoisotopic (exact) mass is 537 g/mol. The number of nitrogens with zero attached hydrogens (tertiary/aromatic N) is 5. The lowest BCUT2D eigenvalue weighted by Gasteiger charge is -2.32. The maximum absolute atomic E-state index is 13.0. The highest BCUT2D eigenvalue weighted by Gasteiger charge is 2.52. The van der Waals surface area contributed by atoms with Crippen LogP contribution in [0, 0.1) is 0 Å². The van der Waals surface area contributed by atoms with Crippen LogP contribution in [-0.2, 0) is 18.8 Å². The van der Waals surface area contributed by atoms with Crippen LogP contribution in [0.15, 0.2) is 36.5 Å². The number of imide groups is 1. The fraction of sp³-hybridized carbons (Fsp3) is 0.519. The van der Waals surface area contributed by atoms with Gasteiger partial charge in [0.2, 0.25) is 0 Å². The van der Waals surface area contributed by atoms with Gasteiger partial charge in [0, 0.05) is 11.8 Å². The molecular formula is C27H36BN5O6. The van der Waals surface area contributed by atoms with E-state index in [0.29, 0.717) is 21.8 Å². The van der Waals surface area contributed by atoms with Crippen molar-refractivity contribution in [3.63, 3.8) is 0 Å². The highest BCUT2D eigenvalue weighted by molar-refractivity contribution is 6.61. The van der Waals surface area contributed by atoms with Crippen molar-refractivity contribution in [2.24, 2.45) is 0 Å². The molecule has 0 radical (unpaired) electrons. The molecule has 3 aromatic rings. The third-order valence-corrected chi connectivity index (χ3v) is 6.24. The van der Waals surface area contributed by atoms with Crippen molar-refractivity contribution in [2.45, 2.75) is 91.6 Å². The van der Waals surface area contributed by atoms with E-state index in [0.717, 1.165) is 5.56 Å². The van der Waals surface area contributed by atoms with Gasteiger partial charge in [0.25, 0.3) is 5.95 Å². The Labute approximate surface area is 228 Å². The summed E-state index contributed by atoms with van der Waals surface area (Å²) in [4.78, 5) is 35.9. The first-order valence-electron chi connectivity index (χ1n) is 12.8. The van der Waals surface area contributed by atoms with Gasteiger partial charge in [0.05, 0.1) is 22.5 Å². The number of carbonyl (C=O) groups is 2. The van der Waals surface area contributed by atoms with Gasteiger partial charge in [0.15, 0.2) is 5.65 Å². The molecule has 39 heavy (non-hydrogen) atoms. The van der Waals surface area contributed by atoms with Crippen LogP contribution in [0.1, 0.15) is 69.2 Å². The second-order valence-electron chi connectivity index (χ2n) is 12.5. The standard InChI is InChI=1S/C27H36BN5O6/c1-24(2,3)36-22(34)33(23(35)37-25(4,5)6)21-30-20-16-17(14-15-32(20)31-21)18-12-11-13-19(29-18)28-38-26(7,8)27(9,10)39-28/h11-16H,1-10H3. The van der Waals surface area contributed by atoms with E-state index in [4.69, 9.17) is 23.8 Å². The fourth-order valence-corrected chi connectivity index (χ4v) is 3.68. The van der Waals surface area contributed by atoms with Crippen LogP contribution >= 0.6 is 0 Å². The molecule has 0 N–H and O–H groups in total. The summed E-state index contributed by atoms with van der Waals surface area (Å²) >= 11 is 0. The van der Waals surface area contributed by atoms with Gasteiger partial charge in [-0.25, -0.2) is 14.1 Å². The minimum atomic E-state index is -0.940. The van der Waals surface area contributed by atoms with E-state index in [9.17, 15) is 9.59 Å². The minimum Gasteiger partial charge on any atom is -0.443 e. The smallest absolute Gasteiger partial charge is 0.443 e. The number of anilines is 1. The van der Waals surface area contributed by atoms with Crippen molar-refractivity contribution in [1.82, 2.24) is 19.6 Å². The topological polar surface area (TPSA) is 117 Å². The third kappa shape index (κ3) is 6.22. The summed E-state index contributed by atoms with van der Waals surface area (Å²) < 4.78 is 24.6. The van der Waals surface area contributed by atoms with E-state index < -0.39 is 41.7 Å². The van der Waals surface area contributed by atoms with E-state index in [1.807, 2.05) is 52.0 Å². The molecule has 1 aliphatic heterocycles. The van der Waals surface area contributed by atoms with Crippen LogP contribution in [0.2, 0.25) is 0 Å². The zero-order chi connectivity index (χ0) is 29.0. The largest absolute Gasteiger partial charge is 0.514 e. The molecule has 208 valence electrons. The molecular weight excluding hydrogens is 501 g/mol. The van der Waals surface area contributed by atoms with E-state index in [1.165, 1.54) is 4.52 Å². The first-order chi connectivity index (χ1) is 17.9. The Morgan fingerprint density at radius 2 is 1.46 bits per heavy atom. The van der Waals surface area contributed by atoms with Crippen molar-refractivity contribution in [3.05, 3.63) is 36.5 Å². The van der Waals surface area contributed by atoms with Gasteiger partial charge in [-0.15, -0.1) is 10.00 Å². The molecule has 0 bridgehead atoms. The molecule has 1 fully saturated rings. The average Bonchev–Trinajstić information content (AvgIpc) is 3.27. The predicted octanol–water partition coefficient (Wildman–Crippen LogP) is 4.77. The number of hydrogen-bond donors (Lipinski definition) is 0. The quantitative estimate of drug-likeness (QED) is 0.436. The Bertz CT molecular complexity index is 1360. The maximum atomic E-state index is 13.0. The molecule has 0 spiro atoms. The highest BCUT2D eigenvalue weighted by Crippen LogP contribution is 2.36. The van der Waals surface area contributed by atoms with E-state index in [-0.39, 0.29) is 5.95 Å². The Kier molecular flexibility index (Phi) is 7.02. The molecule has 4 heterocycles. The summed E-state index contributed by atoms with van der Waals surface area (Å²) in [5.74, 6) is -0.172. The molecule has 2 amide bonds. The van der Waals surface area contributed by atoms with Crippen molar-refractivity contribution in [1.29, 1.82) is 0 Å². The number of pyridine rings is 2. The molecule has 1 aliphatic rings. The lowest BCUT2D eigenvalue weighted by atomic mass is 9.84. The second-order valence-corrected chi connectivity index (χ2v) is 12.5. The van der Waals surface area contributed by atoms with Gasteiger partial charge < -0.3 is 18.8 Å². The normalized spacial score (nSPS) is 16.8. The summed E-state index contributed by atoms with van der Waals surface area (Å²) in [6, 6.07) is 9.18. The van der Waals surface area contributed by atoms with Gasteiger partial charge in [-0.1, -0.05) is 6.07 Å². The van der Waals surface area contributed by atoms with E-state index in [2.05, 4.69) is 10.1 Å². The Hall–Kier alpha value is -3.51. The van der Waals surface area contributed by atoms with Crippen LogP contribution in [0.25, 0.3) is 16.9 Å². The number of carbonyl (C=O) groups excluding carboxylic acids is 2. The molecule has 0 atom stereocenters. The molecule has 0 saturated carbocycles. The van der Waals surface area contributed by atoms with Crippen molar-refractivity contribution >= 4 is 36.5 Å². The van der Waals surface area contributed by atoms with Crippen molar-refractivity contribution < 1.29 is 28.4 Å². The van der Waals surface area contributed by atoms with Crippen LogP contribution < -0.4 is 10.5 Å². The zero-order valence-electron chi connectivity index (χ0n) is 24.2. The van der Waals surface area contributed by atoms with Crippen LogP contribution in [0.4, 0.5) is 15.5 Å². The van der Waals surface area contributed by atoms with Gasteiger partial charge in [-0.05, 0) is 93.5 Å². The van der Waals surface area contributed by atoms with Crippen molar-refractivity contribution in [2.75, 3.05) is 4.90 Å². The van der Waals surface area contributed by atoms with Crippen LogP contribution in [-0.4, -0.2) is 61.3 Å². The van der Waals surface area contributed by atoms with Gasteiger partial charge >= 0.3 is 19.3 Å². The SMILES string of the molecule is CC(C)(C)OC(=O)N(C(=O)OC(C)(C)C)c1nc2cc(-c3cccc(B4OC(C)(C)C(C)(C)O4)n3)ccn2n1. The van der Waals surface area contributed by atoms with Gasteiger partial charge in [-0.3, -0.25) is 4.98 Å². The summed E-state index contributed by atoms with van der Waals surface area (Å²) in [5, 5.41) is 4.33. The van der Waals surface area contributed by atoms with E-state index in [1.54, 1.807) is 53.8 Å². The molecule has 0 unspecified atom stereocenters. The minimum absolute atomic E-state index is 0.172. The highest BCUT2D eigenvalue weighted by atomic mass is 16.7. The Balaban J connectivity index is 1.67. The number of fused-ring (bicyclic) bond motifs is 1. The van der Waals surface area contributed by atoms with Crippen molar-refractivity contribution in [3.8, 4) is 11.3 Å². The molecule has 0 aromatic carbocycles. The first-order valence-corrected chi connectivity index (χ1v) is 12.8. The summed E-state index contributed by atoms with van der Waals surface area (Å²) in [6.07, 6.45) is -0.207.